The molecule has 2 saturated heterocycles. The topological polar surface area (TPSA) is 122 Å². The standard InChI is InChI=1S/C12H15N5O4/c13-14-11(19)8-4-7(21-15-8)5-16-6-10(18)17-3-1-2-9(17)12(16)20/h4,9H,1-3,5-6,13H2,(H,14,19). The van der Waals surface area contributed by atoms with Gasteiger partial charge in [-0.25, -0.2) is 5.84 Å². The molecular formula is C12H15N5O4. The van der Waals surface area contributed by atoms with Gasteiger partial charge in [-0.05, 0) is 12.8 Å². The largest absolute Gasteiger partial charge is 0.359 e. The third-order valence-electron chi connectivity index (χ3n) is 3.77. The summed E-state index contributed by atoms with van der Waals surface area (Å²) in [4.78, 5) is 38.7. The van der Waals surface area contributed by atoms with Crippen molar-refractivity contribution < 1.29 is 18.9 Å². The number of nitrogens with one attached hydrogen (secondary N) is 1. The Morgan fingerprint density at radius 3 is 3.10 bits per heavy atom. The number of hydrazine groups is 1. The Hall–Kier alpha value is -2.42. The summed E-state index contributed by atoms with van der Waals surface area (Å²) < 4.78 is 5.00. The zero-order valence-corrected chi connectivity index (χ0v) is 11.2. The van der Waals surface area contributed by atoms with Crippen LogP contribution >= 0.6 is 0 Å². The van der Waals surface area contributed by atoms with Crippen LogP contribution in [0.25, 0.3) is 0 Å². The van der Waals surface area contributed by atoms with Crippen molar-refractivity contribution in [3.63, 3.8) is 0 Å². The molecule has 2 aliphatic rings. The second kappa shape index (κ2) is 5.17. The molecule has 0 aliphatic carbocycles. The van der Waals surface area contributed by atoms with Gasteiger partial charge in [-0.15, -0.1) is 0 Å². The van der Waals surface area contributed by atoms with Gasteiger partial charge >= 0.3 is 0 Å². The van der Waals surface area contributed by atoms with E-state index >= 15 is 0 Å². The van der Waals surface area contributed by atoms with E-state index in [-0.39, 0.29) is 36.6 Å². The van der Waals surface area contributed by atoms with Gasteiger partial charge in [0.15, 0.2) is 11.5 Å². The van der Waals surface area contributed by atoms with E-state index in [2.05, 4.69) is 5.16 Å². The molecule has 3 N–H and O–H groups in total. The molecule has 1 aromatic heterocycles. The van der Waals surface area contributed by atoms with E-state index in [4.69, 9.17) is 10.4 Å². The summed E-state index contributed by atoms with van der Waals surface area (Å²) >= 11 is 0. The van der Waals surface area contributed by atoms with Gasteiger partial charge in [-0.2, -0.15) is 0 Å². The Balaban J connectivity index is 1.72. The van der Waals surface area contributed by atoms with Crippen LogP contribution in [-0.4, -0.2) is 51.8 Å². The SMILES string of the molecule is NNC(=O)c1cc(CN2CC(=O)N3CCCC3C2=O)on1. The van der Waals surface area contributed by atoms with E-state index in [9.17, 15) is 14.4 Å². The highest BCUT2D eigenvalue weighted by Crippen LogP contribution is 2.24. The van der Waals surface area contributed by atoms with Crippen LogP contribution in [0, 0.1) is 0 Å². The number of rotatable bonds is 3. The van der Waals surface area contributed by atoms with E-state index in [1.807, 2.05) is 5.43 Å². The summed E-state index contributed by atoms with van der Waals surface area (Å²) in [5, 5.41) is 3.56. The molecule has 0 bridgehead atoms. The lowest BCUT2D eigenvalue weighted by Crippen LogP contribution is -2.56. The number of hydrogen-bond donors (Lipinski definition) is 2. The lowest BCUT2D eigenvalue weighted by Gasteiger charge is -2.35. The number of nitrogen functional groups attached to an aromatic ring is 1. The molecule has 3 amide bonds. The molecule has 0 spiro atoms. The van der Waals surface area contributed by atoms with Crippen molar-refractivity contribution in [1.29, 1.82) is 0 Å². The van der Waals surface area contributed by atoms with E-state index in [1.165, 1.54) is 11.0 Å². The molecule has 3 heterocycles. The van der Waals surface area contributed by atoms with E-state index in [0.29, 0.717) is 18.7 Å². The van der Waals surface area contributed by atoms with Crippen LogP contribution in [0.2, 0.25) is 0 Å². The van der Waals surface area contributed by atoms with E-state index < -0.39 is 5.91 Å². The highest BCUT2D eigenvalue weighted by atomic mass is 16.5. The lowest BCUT2D eigenvalue weighted by atomic mass is 10.1. The number of aromatic nitrogens is 1. The quantitative estimate of drug-likeness (QED) is 0.402. The maximum Gasteiger partial charge on any atom is 0.287 e. The molecule has 1 aromatic rings. The minimum absolute atomic E-state index is 0.0223. The number of carbonyl (C=O) groups is 3. The summed E-state index contributed by atoms with van der Waals surface area (Å²) in [6.45, 7) is 0.778. The van der Waals surface area contributed by atoms with Gasteiger partial charge in [0.05, 0.1) is 6.54 Å². The number of nitrogens with two attached hydrogens (primary N) is 1. The van der Waals surface area contributed by atoms with Crippen LogP contribution in [0.15, 0.2) is 10.6 Å². The van der Waals surface area contributed by atoms with Crippen molar-refractivity contribution >= 4 is 17.7 Å². The van der Waals surface area contributed by atoms with Crippen LogP contribution in [0.4, 0.5) is 0 Å². The predicted molar refractivity (Wildman–Crippen MR) is 68.3 cm³/mol. The highest BCUT2D eigenvalue weighted by Gasteiger charge is 2.42. The third kappa shape index (κ3) is 2.35. The van der Waals surface area contributed by atoms with Crippen LogP contribution in [0.3, 0.4) is 0 Å². The van der Waals surface area contributed by atoms with Gasteiger partial charge in [-0.3, -0.25) is 19.8 Å². The Labute approximate surface area is 120 Å². The van der Waals surface area contributed by atoms with Gasteiger partial charge in [0.1, 0.15) is 12.6 Å². The number of fused-ring (bicyclic) bond motifs is 1. The van der Waals surface area contributed by atoms with Crippen LogP contribution < -0.4 is 11.3 Å². The fourth-order valence-corrected chi connectivity index (χ4v) is 2.76. The minimum Gasteiger partial charge on any atom is -0.359 e. The minimum atomic E-state index is -0.576. The summed E-state index contributed by atoms with van der Waals surface area (Å²) in [5.41, 5.74) is 1.97. The number of nitrogens with zero attached hydrogens (tertiary/aromatic N) is 3. The molecule has 3 rings (SSSR count). The number of piperazine rings is 1. The number of carbonyl (C=O) groups excluding carboxylic acids is 3. The molecule has 0 radical (unpaired) electrons. The number of hydrogen-bond acceptors (Lipinski definition) is 6. The molecule has 2 fully saturated rings. The Morgan fingerprint density at radius 2 is 2.33 bits per heavy atom. The van der Waals surface area contributed by atoms with Crippen molar-refractivity contribution in [2.24, 2.45) is 5.84 Å². The van der Waals surface area contributed by atoms with Gasteiger partial charge in [0.25, 0.3) is 5.91 Å². The van der Waals surface area contributed by atoms with Gasteiger partial charge < -0.3 is 14.3 Å². The maximum atomic E-state index is 12.3. The molecule has 112 valence electrons. The summed E-state index contributed by atoms with van der Waals surface area (Å²) in [6, 6.07) is 1.04. The molecule has 0 aromatic carbocycles. The zero-order valence-electron chi connectivity index (χ0n) is 11.2. The summed E-state index contributed by atoms with van der Waals surface area (Å²) in [7, 11) is 0. The first-order valence-electron chi connectivity index (χ1n) is 6.65. The zero-order chi connectivity index (χ0) is 15.0. The summed E-state index contributed by atoms with van der Waals surface area (Å²) in [5.74, 6) is 4.61. The van der Waals surface area contributed by atoms with Crippen molar-refractivity contribution in [2.75, 3.05) is 13.1 Å². The van der Waals surface area contributed by atoms with Crippen LogP contribution in [-0.2, 0) is 16.1 Å². The lowest BCUT2D eigenvalue weighted by molar-refractivity contribution is -0.154. The predicted octanol–water partition coefficient (Wildman–Crippen LogP) is -1.39. The molecule has 1 atom stereocenters. The van der Waals surface area contributed by atoms with Crippen molar-refractivity contribution in [2.45, 2.75) is 25.4 Å². The molecule has 2 aliphatic heterocycles. The highest BCUT2D eigenvalue weighted by molar-refractivity contribution is 5.95. The maximum absolute atomic E-state index is 12.3. The van der Waals surface area contributed by atoms with E-state index in [0.717, 1.165) is 6.42 Å². The fourth-order valence-electron chi connectivity index (χ4n) is 2.76. The summed E-state index contributed by atoms with van der Waals surface area (Å²) in [6.07, 6.45) is 1.54. The fraction of sp³-hybridized carbons (Fsp3) is 0.500. The van der Waals surface area contributed by atoms with Crippen molar-refractivity contribution in [1.82, 2.24) is 20.4 Å². The average molecular weight is 293 g/mol. The molecule has 9 heteroatoms. The first-order chi connectivity index (χ1) is 10.1. The Bertz CT molecular complexity index is 598. The second-order valence-corrected chi connectivity index (χ2v) is 5.09. The van der Waals surface area contributed by atoms with Gasteiger partial charge in [-0.1, -0.05) is 5.16 Å². The molecule has 0 saturated carbocycles. The monoisotopic (exact) mass is 293 g/mol. The molecule has 9 nitrogen and oxygen atoms in total. The van der Waals surface area contributed by atoms with Gasteiger partial charge in [0, 0.05) is 12.6 Å². The van der Waals surface area contributed by atoms with E-state index in [1.54, 1.807) is 4.90 Å². The van der Waals surface area contributed by atoms with Crippen LogP contribution in [0.1, 0.15) is 29.1 Å². The van der Waals surface area contributed by atoms with Gasteiger partial charge in [0.2, 0.25) is 11.8 Å². The first kappa shape index (κ1) is 13.6. The molecular weight excluding hydrogens is 278 g/mol. The first-order valence-corrected chi connectivity index (χ1v) is 6.65. The molecule has 21 heavy (non-hydrogen) atoms. The Morgan fingerprint density at radius 1 is 1.52 bits per heavy atom. The smallest absolute Gasteiger partial charge is 0.287 e. The van der Waals surface area contributed by atoms with Crippen LogP contribution in [0.5, 0.6) is 0 Å². The third-order valence-corrected chi connectivity index (χ3v) is 3.77. The Kier molecular flexibility index (Phi) is 3.34. The normalized spacial score (nSPS) is 21.7. The second-order valence-electron chi connectivity index (χ2n) is 5.09. The van der Waals surface area contributed by atoms with Crippen molar-refractivity contribution in [3.05, 3.63) is 17.5 Å². The number of amides is 3. The molecule has 1 unspecified atom stereocenters. The average Bonchev–Trinajstić information content (AvgIpc) is 3.13. The van der Waals surface area contributed by atoms with Crippen molar-refractivity contribution in [3.8, 4) is 0 Å².